The van der Waals surface area contributed by atoms with E-state index in [1.54, 1.807) is 11.8 Å². The fourth-order valence-corrected chi connectivity index (χ4v) is 3.49. The van der Waals surface area contributed by atoms with Gasteiger partial charge in [-0.1, -0.05) is 11.8 Å². The maximum absolute atomic E-state index is 7.31. The van der Waals surface area contributed by atoms with E-state index in [0.717, 1.165) is 28.4 Å². The van der Waals surface area contributed by atoms with Crippen molar-refractivity contribution in [3.63, 3.8) is 0 Å². The quantitative estimate of drug-likeness (QED) is 0.507. The fourth-order valence-electron chi connectivity index (χ4n) is 2.06. The van der Waals surface area contributed by atoms with Crippen molar-refractivity contribution in [3.8, 4) is 0 Å². The van der Waals surface area contributed by atoms with Crippen LogP contribution in [0.25, 0.3) is 0 Å². The first-order valence-corrected chi connectivity index (χ1v) is 7.69. The van der Waals surface area contributed by atoms with Crippen molar-refractivity contribution >= 4 is 33.7 Å². The zero-order valence-corrected chi connectivity index (χ0v) is 11.4. The van der Waals surface area contributed by atoms with Gasteiger partial charge in [-0.15, -0.1) is 11.8 Å². The number of nitrogens with two attached hydrogens (primary N) is 1. The monoisotopic (exact) mass is 259 g/mol. The van der Waals surface area contributed by atoms with Crippen LogP contribution in [0.5, 0.6) is 0 Å². The highest BCUT2D eigenvalue weighted by Gasteiger charge is 2.27. The lowest BCUT2D eigenvalue weighted by atomic mass is 9.72. The van der Waals surface area contributed by atoms with E-state index in [0.29, 0.717) is 0 Å². The Balaban J connectivity index is 1.92. The van der Waals surface area contributed by atoms with Gasteiger partial charge in [0.1, 0.15) is 0 Å². The molecule has 0 aromatic heterocycles. The molecule has 0 aliphatic heterocycles. The summed E-state index contributed by atoms with van der Waals surface area (Å²) in [5, 5.41) is 15.4. The van der Waals surface area contributed by atoms with Gasteiger partial charge in [0.05, 0.1) is 5.04 Å². The second-order valence-electron chi connectivity index (χ2n) is 4.40. The molecule has 0 radical (unpaired) electrons. The third-order valence-electron chi connectivity index (χ3n) is 2.96. The lowest BCUT2D eigenvalue weighted by molar-refractivity contribution is 0.185. The molecule has 0 atom stereocenters. The Bertz CT molecular complexity index is 226. The predicted molar refractivity (Wildman–Crippen MR) is 75.7 cm³/mol. The molecule has 16 heavy (non-hydrogen) atoms. The van der Waals surface area contributed by atoms with Crippen molar-refractivity contribution in [1.29, 1.82) is 10.8 Å². The van der Waals surface area contributed by atoms with E-state index in [1.165, 1.54) is 37.4 Å². The van der Waals surface area contributed by atoms with Gasteiger partial charge in [-0.05, 0) is 50.2 Å². The van der Waals surface area contributed by atoms with Crippen molar-refractivity contribution in [2.24, 2.45) is 17.6 Å². The molecular formula is C11H21N3S2. The number of hydrogen-bond acceptors (Lipinski definition) is 4. The SMILES string of the molecule is CC(=N)SCC[C@H]1C[C@@H](CCSC(=N)N)C1. The number of nitrogens with one attached hydrogen (secondary N) is 2. The van der Waals surface area contributed by atoms with Gasteiger partial charge in [0.15, 0.2) is 5.17 Å². The standard InChI is InChI=1S/C11H21N3S2/c1-8(12)15-4-2-9-6-10(7-9)3-5-16-11(13)14/h9-10,12H,2-7H2,1H3,(H3,13,14)/t9-,10+. The molecule has 1 aliphatic rings. The van der Waals surface area contributed by atoms with Crippen LogP contribution in [0.4, 0.5) is 0 Å². The minimum Gasteiger partial charge on any atom is -0.379 e. The maximum Gasteiger partial charge on any atom is 0.151 e. The van der Waals surface area contributed by atoms with Gasteiger partial charge in [0.2, 0.25) is 0 Å². The van der Waals surface area contributed by atoms with Crippen LogP contribution in [0.3, 0.4) is 0 Å². The van der Waals surface area contributed by atoms with E-state index in [-0.39, 0.29) is 5.17 Å². The van der Waals surface area contributed by atoms with Gasteiger partial charge < -0.3 is 5.73 Å². The zero-order valence-electron chi connectivity index (χ0n) is 9.79. The van der Waals surface area contributed by atoms with Gasteiger partial charge in [-0.2, -0.15) is 0 Å². The largest absolute Gasteiger partial charge is 0.379 e. The minimum atomic E-state index is 0.244. The Morgan fingerprint density at radius 2 is 1.62 bits per heavy atom. The molecule has 5 heteroatoms. The third-order valence-corrected chi connectivity index (χ3v) is 4.59. The normalized spacial score (nSPS) is 23.8. The van der Waals surface area contributed by atoms with Gasteiger partial charge in [-0.3, -0.25) is 10.8 Å². The van der Waals surface area contributed by atoms with Crippen LogP contribution in [0.15, 0.2) is 0 Å². The first kappa shape index (κ1) is 13.9. The van der Waals surface area contributed by atoms with E-state index >= 15 is 0 Å². The average Bonchev–Trinajstić information content (AvgIpc) is 2.11. The van der Waals surface area contributed by atoms with E-state index < -0.39 is 0 Å². The fraction of sp³-hybridized carbons (Fsp3) is 0.818. The highest BCUT2D eigenvalue weighted by molar-refractivity contribution is 8.13. The number of amidine groups is 1. The van der Waals surface area contributed by atoms with Crippen LogP contribution in [0.1, 0.15) is 32.6 Å². The van der Waals surface area contributed by atoms with E-state index in [1.807, 2.05) is 6.92 Å². The molecular weight excluding hydrogens is 238 g/mol. The molecule has 0 amide bonds. The molecule has 0 heterocycles. The highest BCUT2D eigenvalue weighted by atomic mass is 32.2. The summed E-state index contributed by atoms with van der Waals surface area (Å²) in [5.74, 6) is 3.86. The van der Waals surface area contributed by atoms with Crippen LogP contribution < -0.4 is 5.73 Å². The van der Waals surface area contributed by atoms with Crippen LogP contribution in [-0.2, 0) is 0 Å². The second kappa shape index (κ2) is 7.22. The Morgan fingerprint density at radius 3 is 2.06 bits per heavy atom. The molecule has 0 aromatic carbocycles. The first-order valence-electron chi connectivity index (χ1n) is 5.72. The maximum atomic E-state index is 7.31. The smallest absolute Gasteiger partial charge is 0.151 e. The van der Waals surface area contributed by atoms with Crippen LogP contribution in [-0.4, -0.2) is 21.7 Å². The van der Waals surface area contributed by atoms with Crippen molar-refractivity contribution in [2.45, 2.75) is 32.6 Å². The van der Waals surface area contributed by atoms with Crippen molar-refractivity contribution in [3.05, 3.63) is 0 Å². The summed E-state index contributed by atoms with van der Waals surface area (Å²) in [6, 6.07) is 0. The van der Waals surface area contributed by atoms with Crippen molar-refractivity contribution < 1.29 is 0 Å². The summed E-state index contributed by atoms with van der Waals surface area (Å²) in [6.07, 6.45) is 5.15. The molecule has 0 aromatic rings. The second-order valence-corrected chi connectivity index (χ2v) is 6.84. The number of thioether (sulfide) groups is 2. The summed E-state index contributed by atoms with van der Waals surface area (Å²) < 4.78 is 0. The van der Waals surface area contributed by atoms with Crippen LogP contribution >= 0.6 is 23.5 Å². The molecule has 1 fully saturated rings. The van der Waals surface area contributed by atoms with Gasteiger partial charge in [0.25, 0.3) is 0 Å². The van der Waals surface area contributed by atoms with Crippen LogP contribution in [0.2, 0.25) is 0 Å². The molecule has 1 aliphatic carbocycles. The number of rotatable bonds is 6. The van der Waals surface area contributed by atoms with E-state index in [9.17, 15) is 0 Å². The van der Waals surface area contributed by atoms with Crippen LogP contribution in [0, 0.1) is 22.7 Å². The molecule has 1 saturated carbocycles. The Labute approximate surface area is 106 Å². The van der Waals surface area contributed by atoms with Crippen molar-refractivity contribution in [2.75, 3.05) is 11.5 Å². The summed E-state index contributed by atoms with van der Waals surface area (Å²) in [7, 11) is 0. The van der Waals surface area contributed by atoms with E-state index in [2.05, 4.69) is 0 Å². The third kappa shape index (κ3) is 5.80. The molecule has 0 bridgehead atoms. The lowest BCUT2D eigenvalue weighted by Gasteiger charge is -2.35. The molecule has 3 nitrogen and oxygen atoms in total. The molecule has 1 rings (SSSR count). The lowest BCUT2D eigenvalue weighted by Crippen LogP contribution is -2.25. The minimum absolute atomic E-state index is 0.244. The van der Waals surface area contributed by atoms with Gasteiger partial charge in [0, 0.05) is 5.75 Å². The van der Waals surface area contributed by atoms with Gasteiger partial charge in [-0.25, -0.2) is 0 Å². The Hall–Kier alpha value is -0.160. The Morgan fingerprint density at radius 1 is 1.12 bits per heavy atom. The average molecular weight is 259 g/mol. The van der Waals surface area contributed by atoms with E-state index in [4.69, 9.17) is 16.6 Å². The number of hydrogen-bond donors (Lipinski definition) is 3. The topological polar surface area (TPSA) is 73.7 Å². The Kier molecular flexibility index (Phi) is 6.28. The molecule has 4 N–H and O–H groups in total. The summed E-state index contributed by atoms with van der Waals surface area (Å²) in [4.78, 5) is 0. The molecule has 0 unspecified atom stereocenters. The summed E-state index contributed by atoms with van der Waals surface area (Å²) >= 11 is 3.13. The molecule has 0 spiro atoms. The predicted octanol–water partition coefficient (Wildman–Crippen LogP) is 3.15. The first-order chi connectivity index (χ1) is 7.58. The molecule has 92 valence electrons. The summed E-state index contributed by atoms with van der Waals surface area (Å²) in [6.45, 7) is 1.85. The highest BCUT2D eigenvalue weighted by Crippen LogP contribution is 2.39. The van der Waals surface area contributed by atoms with Gasteiger partial charge >= 0.3 is 0 Å². The van der Waals surface area contributed by atoms with Crippen molar-refractivity contribution in [1.82, 2.24) is 0 Å². The zero-order chi connectivity index (χ0) is 12.0. The molecule has 0 saturated heterocycles. The summed E-state index contributed by atoms with van der Waals surface area (Å²) in [5.41, 5.74) is 5.28.